The summed E-state index contributed by atoms with van der Waals surface area (Å²) in [6.45, 7) is 0. The van der Waals surface area contributed by atoms with Crippen molar-refractivity contribution in [2.24, 2.45) is 14.1 Å². The van der Waals surface area contributed by atoms with Gasteiger partial charge in [-0.3, -0.25) is 9.59 Å². The van der Waals surface area contributed by atoms with Crippen LogP contribution in [0, 0.1) is 0 Å². The molecule has 0 aliphatic carbocycles. The smallest absolute Gasteiger partial charge is 0.234 e. The van der Waals surface area contributed by atoms with Crippen molar-refractivity contribution in [1.29, 1.82) is 0 Å². The van der Waals surface area contributed by atoms with Gasteiger partial charge in [-0.15, -0.1) is 20.4 Å². The Morgan fingerprint density at radius 1 is 0.821 bits per heavy atom. The summed E-state index contributed by atoms with van der Waals surface area (Å²) in [5.74, 6) is 0.156. The SMILES string of the molecule is Cn1cnnc1SCC(=O)Nc1ccc(NC(=O)CSc2nncn2C)cc1. The van der Waals surface area contributed by atoms with Gasteiger partial charge in [0.25, 0.3) is 0 Å². The molecule has 0 unspecified atom stereocenters. The molecule has 0 atom stereocenters. The van der Waals surface area contributed by atoms with E-state index in [0.717, 1.165) is 0 Å². The maximum atomic E-state index is 12.0. The molecule has 146 valence electrons. The van der Waals surface area contributed by atoms with E-state index < -0.39 is 0 Å². The summed E-state index contributed by atoms with van der Waals surface area (Å²) in [4.78, 5) is 24.1. The third-order valence-electron chi connectivity index (χ3n) is 3.46. The van der Waals surface area contributed by atoms with Crippen LogP contribution in [0.2, 0.25) is 0 Å². The molecule has 2 heterocycles. The molecule has 0 bridgehead atoms. The summed E-state index contributed by atoms with van der Waals surface area (Å²) in [6, 6.07) is 6.93. The number of thioether (sulfide) groups is 2. The highest BCUT2D eigenvalue weighted by Crippen LogP contribution is 2.18. The lowest BCUT2D eigenvalue weighted by molar-refractivity contribution is -0.114. The summed E-state index contributed by atoms with van der Waals surface area (Å²) in [5, 5.41) is 22.3. The second kappa shape index (κ2) is 9.37. The summed E-state index contributed by atoms with van der Waals surface area (Å²) < 4.78 is 3.50. The van der Waals surface area contributed by atoms with Crippen molar-refractivity contribution in [3.63, 3.8) is 0 Å². The van der Waals surface area contributed by atoms with Gasteiger partial charge in [-0.1, -0.05) is 23.5 Å². The Morgan fingerprint density at radius 2 is 1.21 bits per heavy atom. The largest absolute Gasteiger partial charge is 0.325 e. The van der Waals surface area contributed by atoms with Gasteiger partial charge in [0.15, 0.2) is 10.3 Å². The van der Waals surface area contributed by atoms with Gasteiger partial charge < -0.3 is 19.8 Å². The number of amides is 2. The van der Waals surface area contributed by atoms with Gasteiger partial charge in [-0.2, -0.15) is 0 Å². The third-order valence-corrected chi connectivity index (χ3v) is 5.53. The zero-order valence-electron chi connectivity index (χ0n) is 15.2. The van der Waals surface area contributed by atoms with E-state index in [4.69, 9.17) is 0 Å². The number of rotatable bonds is 8. The van der Waals surface area contributed by atoms with E-state index in [0.29, 0.717) is 21.7 Å². The van der Waals surface area contributed by atoms with Gasteiger partial charge in [-0.25, -0.2) is 0 Å². The molecule has 0 saturated carbocycles. The fraction of sp³-hybridized carbons (Fsp3) is 0.250. The molecule has 3 aromatic rings. The zero-order chi connectivity index (χ0) is 19.9. The number of benzene rings is 1. The second-order valence-electron chi connectivity index (χ2n) is 5.70. The maximum absolute atomic E-state index is 12.0. The van der Waals surface area contributed by atoms with E-state index >= 15 is 0 Å². The molecule has 0 spiro atoms. The monoisotopic (exact) mass is 418 g/mol. The number of hydrogen-bond acceptors (Lipinski definition) is 8. The van der Waals surface area contributed by atoms with Gasteiger partial charge in [0.2, 0.25) is 11.8 Å². The Bertz CT molecular complexity index is 876. The molecule has 2 amide bonds. The number of nitrogens with zero attached hydrogens (tertiary/aromatic N) is 6. The molecule has 28 heavy (non-hydrogen) atoms. The summed E-state index contributed by atoms with van der Waals surface area (Å²) in [6.07, 6.45) is 3.16. The number of carbonyl (C=O) groups is 2. The summed E-state index contributed by atoms with van der Waals surface area (Å²) in [7, 11) is 3.64. The number of nitrogens with one attached hydrogen (secondary N) is 2. The topological polar surface area (TPSA) is 120 Å². The summed E-state index contributed by atoms with van der Waals surface area (Å²) >= 11 is 2.61. The van der Waals surface area contributed by atoms with Crippen LogP contribution in [0.5, 0.6) is 0 Å². The Balaban J connectivity index is 1.43. The molecular formula is C16H18N8O2S2. The molecular weight excluding hydrogens is 400 g/mol. The lowest BCUT2D eigenvalue weighted by Gasteiger charge is -2.08. The van der Waals surface area contributed by atoms with Crippen LogP contribution in [0.3, 0.4) is 0 Å². The first-order chi connectivity index (χ1) is 13.5. The van der Waals surface area contributed by atoms with Crippen LogP contribution >= 0.6 is 23.5 Å². The van der Waals surface area contributed by atoms with Gasteiger partial charge >= 0.3 is 0 Å². The van der Waals surface area contributed by atoms with Crippen molar-refractivity contribution >= 4 is 46.7 Å². The van der Waals surface area contributed by atoms with Crippen LogP contribution in [-0.4, -0.2) is 52.8 Å². The predicted molar refractivity (Wildman–Crippen MR) is 107 cm³/mol. The number of aromatic nitrogens is 6. The highest BCUT2D eigenvalue weighted by Gasteiger charge is 2.09. The van der Waals surface area contributed by atoms with Gasteiger partial charge in [-0.05, 0) is 24.3 Å². The third kappa shape index (κ3) is 5.57. The van der Waals surface area contributed by atoms with Crippen LogP contribution < -0.4 is 10.6 Å². The van der Waals surface area contributed by atoms with Crippen molar-refractivity contribution in [3.8, 4) is 0 Å². The van der Waals surface area contributed by atoms with E-state index in [2.05, 4.69) is 31.0 Å². The van der Waals surface area contributed by atoms with Crippen molar-refractivity contribution in [2.45, 2.75) is 10.3 Å². The number of aryl methyl sites for hydroxylation is 2. The molecule has 0 aliphatic heterocycles. The molecule has 0 aliphatic rings. The summed E-state index contributed by atoms with van der Waals surface area (Å²) in [5.41, 5.74) is 1.30. The van der Waals surface area contributed by atoms with Gasteiger partial charge in [0, 0.05) is 25.5 Å². The van der Waals surface area contributed by atoms with Crippen LogP contribution in [0.1, 0.15) is 0 Å². The first kappa shape index (κ1) is 19.9. The average Bonchev–Trinajstić information content (AvgIpc) is 3.27. The normalized spacial score (nSPS) is 10.6. The molecule has 1 aromatic carbocycles. The second-order valence-corrected chi connectivity index (χ2v) is 7.58. The number of hydrogen-bond donors (Lipinski definition) is 2. The van der Waals surface area contributed by atoms with Crippen LogP contribution in [0.25, 0.3) is 0 Å². The molecule has 10 nitrogen and oxygen atoms in total. The average molecular weight is 419 g/mol. The quantitative estimate of drug-likeness (QED) is 0.527. The molecule has 0 saturated heterocycles. The Labute approximate surface area is 169 Å². The van der Waals surface area contributed by atoms with Crippen molar-refractivity contribution in [1.82, 2.24) is 29.5 Å². The minimum absolute atomic E-state index is 0.148. The molecule has 0 radical (unpaired) electrons. The van der Waals surface area contributed by atoms with E-state index in [1.54, 1.807) is 46.1 Å². The highest BCUT2D eigenvalue weighted by atomic mass is 32.2. The maximum Gasteiger partial charge on any atom is 0.234 e. The first-order valence-corrected chi connectivity index (χ1v) is 10.1. The van der Waals surface area contributed by atoms with Gasteiger partial charge in [0.1, 0.15) is 12.7 Å². The first-order valence-electron chi connectivity index (χ1n) is 8.14. The molecule has 2 aromatic heterocycles. The van der Waals surface area contributed by atoms with Crippen molar-refractivity contribution in [2.75, 3.05) is 22.1 Å². The number of anilines is 2. The number of carbonyl (C=O) groups excluding carboxylic acids is 2. The van der Waals surface area contributed by atoms with Crippen LogP contribution in [-0.2, 0) is 23.7 Å². The molecule has 3 rings (SSSR count). The van der Waals surface area contributed by atoms with Crippen LogP contribution in [0.15, 0.2) is 47.2 Å². The molecule has 12 heteroatoms. The fourth-order valence-corrected chi connectivity index (χ4v) is 3.47. The van der Waals surface area contributed by atoms with Gasteiger partial charge in [0.05, 0.1) is 11.5 Å². The van der Waals surface area contributed by atoms with Crippen molar-refractivity contribution in [3.05, 3.63) is 36.9 Å². The van der Waals surface area contributed by atoms with Crippen molar-refractivity contribution < 1.29 is 9.59 Å². The zero-order valence-corrected chi connectivity index (χ0v) is 16.8. The molecule has 2 N–H and O–H groups in total. The van der Waals surface area contributed by atoms with E-state index in [1.807, 2.05) is 14.1 Å². The minimum Gasteiger partial charge on any atom is -0.325 e. The van der Waals surface area contributed by atoms with E-state index in [-0.39, 0.29) is 23.3 Å². The fourth-order valence-electron chi connectivity index (χ4n) is 2.10. The Hall–Kier alpha value is -2.86. The lowest BCUT2D eigenvalue weighted by Crippen LogP contribution is -2.15. The highest BCUT2D eigenvalue weighted by molar-refractivity contribution is 8.00. The van der Waals surface area contributed by atoms with E-state index in [1.165, 1.54) is 23.5 Å². The van der Waals surface area contributed by atoms with E-state index in [9.17, 15) is 9.59 Å². The lowest BCUT2D eigenvalue weighted by atomic mass is 10.3. The minimum atomic E-state index is -0.148. The standard InChI is InChI=1S/C16H18N8O2S2/c1-23-9-17-21-15(23)27-7-13(25)19-11-3-5-12(6-4-11)20-14(26)8-28-16-22-18-10-24(16)2/h3-6,9-10H,7-8H2,1-2H3,(H,19,25)(H,20,26). The van der Waals surface area contributed by atoms with Crippen LogP contribution in [0.4, 0.5) is 11.4 Å². The Kier molecular flexibility index (Phi) is 6.66. The predicted octanol–water partition coefficient (Wildman–Crippen LogP) is 1.41. The Morgan fingerprint density at radius 3 is 1.54 bits per heavy atom. The molecule has 0 fully saturated rings.